The van der Waals surface area contributed by atoms with Crippen LogP contribution >= 0.6 is 0 Å². The Kier molecular flexibility index (Phi) is 5.57. The second-order valence-corrected chi connectivity index (χ2v) is 6.97. The van der Waals surface area contributed by atoms with Crippen molar-refractivity contribution < 1.29 is 14.3 Å². The number of rotatable bonds is 5. The summed E-state index contributed by atoms with van der Waals surface area (Å²) in [6.45, 7) is 0.759. The van der Waals surface area contributed by atoms with E-state index in [-0.39, 0.29) is 24.6 Å². The Morgan fingerprint density at radius 3 is 2.50 bits per heavy atom. The van der Waals surface area contributed by atoms with Gasteiger partial charge in [0.05, 0.1) is 37.2 Å². The quantitative estimate of drug-likeness (QED) is 0.654. The lowest BCUT2D eigenvalue weighted by molar-refractivity contribution is 0.0558. The molecule has 1 atom stereocenters. The molecule has 0 fully saturated rings. The number of hydrogen-bond acceptors (Lipinski definition) is 6. The molecule has 0 N–H and O–H groups in total. The van der Waals surface area contributed by atoms with E-state index in [0.29, 0.717) is 29.8 Å². The van der Waals surface area contributed by atoms with Crippen LogP contribution in [0, 0.1) is 11.3 Å². The van der Waals surface area contributed by atoms with Gasteiger partial charge in [-0.05, 0) is 41.8 Å². The molecule has 2 heterocycles. The highest BCUT2D eigenvalue weighted by Crippen LogP contribution is 2.25. The summed E-state index contributed by atoms with van der Waals surface area (Å²) < 4.78 is 10.9. The van der Waals surface area contributed by atoms with Crippen LogP contribution in [0.1, 0.15) is 27.0 Å². The van der Waals surface area contributed by atoms with E-state index in [0.717, 1.165) is 5.56 Å². The second-order valence-electron chi connectivity index (χ2n) is 6.97. The van der Waals surface area contributed by atoms with Crippen LogP contribution in [0.4, 0.5) is 0 Å². The number of nitriles is 1. The molecule has 0 bridgehead atoms. The van der Waals surface area contributed by atoms with Gasteiger partial charge in [0.2, 0.25) is 0 Å². The molecule has 1 aliphatic rings. The van der Waals surface area contributed by atoms with E-state index in [2.05, 4.69) is 22.1 Å². The van der Waals surface area contributed by atoms with Crippen molar-refractivity contribution in [3.63, 3.8) is 0 Å². The fraction of sp³-hybridized carbons (Fsp3) is 0.217. The van der Waals surface area contributed by atoms with Gasteiger partial charge in [0, 0.05) is 12.1 Å². The first-order valence-corrected chi connectivity index (χ1v) is 9.54. The number of ether oxygens (including phenoxy) is 2. The fourth-order valence-corrected chi connectivity index (χ4v) is 3.48. The molecule has 2 aromatic carbocycles. The molecule has 1 aliphatic heterocycles. The van der Waals surface area contributed by atoms with Gasteiger partial charge in [0.25, 0.3) is 5.91 Å². The monoisotopic (exact) mass is 400 g/mol. The highest BCUT2D eigenvalue weighted by molar-refractivity contribution is 5.94. The first kappa shape index (κ1) is 19.4. The van der Waals surface area contributed by atoms with E-state index in [1.165, 1.54) is 18.0 Å². The molecule has 7 heteroatoms. The van der Waals surface area contributed by atoms with Crippen LogP contribution in [-0.4, -0.2) is 40.5 Å². The third-order valence-electron chi connectivity index (χ3n) is 5.12. The van der Waals surface area contributed by atoms with Gasteiger partial charge in [-0.3, -0.25) is 4.79 Å². The van der Waals surface area contributed by atoms with Crippen molar-refractivity contribution in [1.29, 1.82) is 5.26 Å². The standard InChI is InChI=1S/C23H20N4O3/c1-29-21-12-25-23(26-13-21)30-15-20-10-18-4-2-3-5-19(18)14-27(20)22(28)17-8-6-16(11-24)7-9-17/h2-9,12-13,20H,10,14-15H2,1H3. The molecule has 0 saturated carbocycles. The van der Waals surface area contributed by atoms with Crippen LogP contribution in [0.25, 0.3) is 0 Å². The van der Waals surface area contributed by atoms with Crippen LogP contribution in [0.15, 0.2) is 60.9 Å². The van der Waals surface area contributed by atoms with Crippen molar-refractivity contribution in [3.05, 3.63) is 83.2 Å². The Labute approximate surface area is 174 Å². The molecule has 1 amide bonds. The van der Waals surface area contributed by atoms with Gasteiger partial charge in [-0.2, -0.15) is 15.2 Å². The zero-order chi connectivity index (χ0) is 20.9. The largest absolute Gasteiger partial charge is 0.494 e. The molecule has 4 rings (SSSR count). The van der Waals surface area contributed by atoms with Crippen molar-refractivity contribution >= 4 is 5.91 Å². The Balaban J connectivity index is 1.56. The molecule has 0 aliphatic carbocycles. The minimum Gasteiger partial charge on any atom is -0.494 e. The molecular formula is C23H20N4O3. The van der Waals surface area contributed by atoms with Gasteiger partial charge in [-0.25, -0.2) is 0 Å². The predicted octanol–water partition coefficient (Wildman–Crippen LogP) is 3.00. The second kappa shape index (κ2) is 8.62. The van der Waals surface area contributed by atoms with E-state index in [9.17, 15) is 4.79 Å². The summed E-state index contributed by atoms with van der Waals surface area (Å²) in [5.74, 6) is 0.449. The molecule has 1 aromatic heterocycles. The topological polar surface area (TPSA) is 88.3 Å². The molecule has 0 saturated heterocycles. The smallest absolute Gasteiger partial charge is 0.316 e. The molecule has 0 spiro atoms. The fourth-order valence-electron chi connectivity index (χ4n) is 3.48. The molecule has 7 nitrogen and oxygen atoms in total. The zero-order valence-corrected chi connectivity index (χ0v) is 16.5. The Hall–Kier alpha value is -3.92. The first-order valence-electron chi connectivity index (χ1n) is 9.54. The number of aromatic nitrogens is 2. The normalized spacial score (nSPS) is 15.1. The van der Waals surface area contributed by atoms with Crippen LogP contribution in [-0.2, 0) is 13.0 Å². The molecule has 1 unspecified atom stereocenters. The molecule has 30 heavy (non-hydrogen) atoms. The SMILES string of the molecule is COc1cnc(OCC2Cc3ccccc3CN2C(=O)c2ccc(C#N)cc2)nc1. The van der Waals surface area contributed by atoms with Crippen molar-refractivity contribution in [2.75, 3.05) is 13.7 Å². The van der Waals surface area contributed by atoms with Gasteiger partial charge in [0.15, 0.2) is 5.75 Å². The van der Waals surface area contributed by atoms with Gasteiger partial charge >= 0.3 is 6.01 Å². The Morgan fingerprint density at radius 1 is 1.13 bits per heavy atom. The summed E-state index contributed by atoms with van der Waals surface area (Å²) in [4.78, 5) is 23.3. The van der Waals surface area contributed by atoms with Gasteiger partial charge in [-0.1, -0.05) is 24.3 Å². The summed E-state index contributed by atoms with van der Waals surface area (Å²) >= 11 is 0. The third-order valence-corrected chi connectivity index (χ3v) is 5.12. The summed E-state index contributed by atoms with van der Waals surface area (Å²) in [6.07, 6.45) is 3.75. The number of nitrogens with zero attached hydrogens (tertiary/aromatic N) is 4. The minimum atomic E-state index is -0.172. The number of fused-ring (bicyclic) bond motifs is 1. The van der Waals surface area contributed by atoms with E-state index < -0.39 is 0 Å². The number of benzene rings is 2. The summed E-state index contributed by atoms with van der Waals surface area (Å²) in [5.41, 5.74) is 3.38. The molecule has 3 aromatic rings. The first-order chi connectivity index (χ1) is 14.7. The van der Waals surface area contributed by atoms with Crippen LogP contribution in [0.5, 0.6) is 11.8 Å². The predicted molar refractivity (Wildman–Crippen MR) is 109 cm³/mol. The van der Waals surface area contributed by atoms with Crippen molar-refractivity contribution in [2.45, 2.75) is 19.0 Å². The highest BCUT2D eigenvalue weighted by atomic mass is 16.5. The summed E-state index contributed by atoms with van der Waals surface area (Å²) in [7, 11) is 1.55. The lowest BCUT2D eigenvalue weighted by Crippen LogP contribution is -2.47. The third kappa shape index (κ3) is 4.08. The van der Waals surface area contributed by atoms with E-state index in [4.69, 9.17) is 14.7 Å². The average molecular weight is 400 g/mol. The maximum atomic E-state index is 13.3. The Morgan fingerprint density at radius 2 is 1.83 bits per heavy atom. The zero-order valence-electron chi connectivity index (χ0n) is 16.5. The molecule has 0 radical (unpaired) electrons. The summed E-state index contributed by atoms with van der Waals surface area (Å²) in [5, 5.41) is 9.00. The van der Waals surface area contributed by atoms with Crippen molar-refractivity contribution in [3.8, 4) is 17.8 Å². The lowest BCUT2D eigenvalue weighted by Gasteiger charge is -2.36. The van der Waals surface area contributed by atoms with Crippen molar-refractivity contribution in [2.24, 2.45) is 0 Å². The lowest BCUT2D eigenvalue weighted by atomic mass is 9.93. The molecular weight excluding hydrogens is 380 g/mol. The summed E-state index contributed by atoms with van der Waals surface area (Å²) in [6, 6.07) is 16.9. The van der Waals surface area contributed by atoms with E-state index in [1.54, 1.807) is 31.4 Å². The average Bonchev–Trinajstić information content (AvgIpc) is 2.82. The number of carbonyl (C=O) groups excluding carboxylic acids is 1. The van der Waals surface area contributed by atoms with E-state index in [1.807, 2.05) is 23.1 Å². The van der Waals surface area contributed by atoms with Crippen LogP contribution < -0.4 is 9.47 Å². The van der Waals surface area contributed by atoms with Crippen LogP contribution in [0.3, 0.4) is 0 Å². The maximum Gasteiger partial charge on any atom is 0.316 e. The number of hydrogen-bond donors (Lipinski definition) is 0. The highest BCUT2D eigenvalue weighted by Gasteiger charge is 2.31. The van der Waals surface area contributed by atoms with Crippen LogP contribution in [0.2, 0.25) is 0 Å². The van der Waals surface area contributed by atoms with Gasteiger partial charge in [-0.15, -0.1) is 0 Å². The van der Waals surface area contributed by atoms with Crippen molar-refractivity contribution in [1.82, 2.24) is 14.9 Å². The number of methoxy groups -OCH3 is 1. The molecule has 150 valence electrons. The Bertz CT molecular complexity index is 1070. The number of carbonyl (C=O) groups is 1. The number of amides is 1. The minimum absolute atomic E-state index is 0.0988. The van der Waals surface area contributed by atoms with Gasteiger partial charge in [0.1, 0.15) is 6.61 Å². The maximum absolute atomic E-state index is 13.3. The van der Waals surface area contributed by atoms with E-state index >= 15 is 0 Å². The van der Waals surface area contributed by atoms with Gasteiger partial charge < -0.3 is 14.4 Å².